The number of ether oxygens (including phenoxy) is 2. The predicted octanol–water partition coefficient (Wildman–Crippen LogP) is 4.10. The molecule has 0 saturated carbocycles. The zero-order chi connectivity index (χ0) is 21.3. The SMILES string of the molecule is COc1ccc(OC)c(C2CCCN2S(=O)(=O)c2cc(Cl)c(C)c([N+](=O)[O-])c2)c1. The number of nitro groups is 1. The van der Waals surface area contributed by atoms with E-state index in [0.717, 1.165) is 6.07 Å². The first-order valence-corrected chi connectivity index (χ1v) is 10.7. The normalized spacial score (nSPS) is 17.3. The van der Waals surface area contributed by atoms with E-state index in [1.165, 1.54) is 31.5 Å². The lowest BCUT2D eigenvalue weighted by molar-refractivity contribution is -0.385. The minimum atomic E-state index is -4.03. The average molecular weight is 441 g/mol. The zero-order valence-corrected chi connectivity index (χ0v) is 17.8. The van der Waals surface area contributed by atoms with Gasteiger partial charge in [0, 0.05) is 23.7 Å². The molecule has 156 valence electrons. The molecular formula is C19H21ClN2O6S. The number of sulfonamides is 1. The summed E-state index contributed by atoms with van der Waals surface area (Å²) in [5.74, 6) is 1.13. The molecule has 0 bridgehead atoms. The average Bonchev–Trinajstić information content (AvgIpc) is 3.19. The maximum Gasteiger partial charge on any atom is 0.275 e. The van der Waals surface area contributed by atoms with Gasteiger partial charge in [0.15, 0.2) is 0 Å². The van der Waals surface area contributed by atoms with Crippen LogP contribution in [0.4, 0.5) is 5.69 Å². The van der Waals surface area contributed by atoms with Gasteiger partial charge in [-0.2, -0.15) is 4.31 Å². The van der Waals surface area contributed by atoms with Gasteiger partial charge in [-0.25, -0.2) is 8.42 Å². The molecule has 1 aliphatic rings. The molecule has 1 saturated heterocycles. The second kappa shape index (κ2) is 8.17. The third-order valence-electron chi connectivity index (χ3n) is 5.09. The van der Waals surface area contributed by atoms with Crippen LogP contribution in [0.1, 0.15) is 30.0 Å². The molecule has 0 radical (unpaired) electrons. The monoisotopic (exact) mass is 440 g/mol. The number of benzene rings is 2. The first kappa shape index (κ1) is 21.4. The van der Waals surface area contributed by atoms with Gasteiger partial charge in [-0.1, -0.05) is 11.6 Å². The molecule has 2 aromatic carbocycles. The Kier molecular flexibility index (Phi) is 6.02. The van der Waals surface area contributed by atoms with Gasteiger partial charge in [-0.3, -0.25) is 10.1 Å². The first-order chi connectivity index (χ1) is 13.7. The van der Waals surface area contributed by atoms with Gasteiger partial charge in [-0.15, -0.1) is 0 Å². The summed E-state index contributed by atoms with van der Waals surface area (Å²) in [4.78, 5) is 10.5. The Morgan fingerprint density at radius 3 is 2.55 bits per heavy atom. The summed E-state index contributed by atoms with van der Waals surface area (Å²) in [5.41, 5.74) is 0.578. The van der Waals surface area contributed by atoms with E-state index < -0.39 is 21.0 Å². The quantitative estimate of drug-likeness (QED) is 0.495. The lowest BCUT2D eigenvalue weighted by Crippen LogP contribution is -2.31. The molecule has 0 aliphatic carbocycles. The topological polar surface area (TPSA) is 99.0 Å². The molecule has 2 aromatic rings. The van der Waals surface area contributed by atoms with Gasteiger partial charge in [0.25, 0.3) is 5.69 Å². The van der Waals surface area contributed by atoms with Gasteiger partial charge in [-0.05, 0) is 44.0 Å². The van der Waals surface area contributed by atoms with Crippen LogP contribution in [0.3, 0.4) is 0 Å². The van der Waals surface area contributed by atoms with Crippen molar-refractivity contribution in [1.82, 2.24) is 4.31 Å². The fourth-order valence-corrected chi connectivity index (χ4v) is 5.55. The molecule has 1 unspecified atom stereocenters. The molecule has 1 fully saturated rings. The van der Waals surface area contributed by atoms with Gasteiger partial charge < -0.3 is 9.47 Å². The number of rotatable bonds is 6. The minimum Gasteiger partial charge on any atom is -0.497 e. The van der Waals surface area contributed by atoms with Crippen molar-refractivity contribution in [3.63, 3.8) is 0 Å². The summed E-state index contributed by atoms with van der Waals surface area (Å²) in [6.07, 6.45) is 1.23. The summed E-state index contributed by atoms with van der Waals surface area (Å²) < 4.78 is 38.8. The highest BCUT2D eigenvalue weighted by Crippen LogP contribution is 2.42. The molecule has 0 N–H and O–H groups in total. The third-order valence-corrected chi connectivity index (χ3v) is 7.37. The molecule has 1 heterocycles. The molecule has 0 aromatic heterocycles. The molecule has 10 heteroatoms. The molecule has 0 amide bonds. The van der Waals surface area contributed by atoms with E-state index in [-0.39, 0.29) is 27.7 Å². The third kappa shape index (κ3) is 3.90. The van der Waals surface area contributed by atoms with Crippen molar-refractivity contribution in [3.05, 3.63) is 56.6 Å². The summed E-state index contributed by atoms with van der Waals surface area (Å²) >= 11 is 6.09. The van der Waals surface area contributed by atoms with Crippen molar-refractivity contribution in [1.29, 1.82) is 0 Å². The highest BCUT2D eigenvalue weighted by atomic mass is 35.5. The Morgan fingerprint density at radius 1 is 1.21 bits per heavy atom. The van der Waals surface area contributed by atoms with E-state index in [2.05, 4.69) is 0 Å². The van der Waals surface area contributed by atoms with Crippen molar-refractivity contribution in [3.8, 4) is 11.5 Å². The summed E-state index contributed by atoms with van der Waals surface area (Å²) in [5, 5.41) is 11.4. The van der Waals surface area contributed by atoms with Gasteiger partial charge in [0.05, 0.1) is 35.1 Å². The second-order valence-electron chi connectivity index (χ2n) is 6.69. The molecule has 1 atom stereocenters. The largest absolute Gasteiger partial charge is 0.497 e. The minimum absolute atomic E-state index is 0.0347. The molecular weight excluding hydrogens is 420 g/mol. The van der Waals surface area contributed by atoms with Crippen LogP contribution >= 0.6 is 11.6 Å². The van der Waals surface area contributed by atoms with Crippen LogP contribution in [0.15, 0.2) is 35.2 Å². The van der Waals surface area contributed by atoms with Crippen LogP contribution in [-0.2, 0) is 10.0 Å². The van der Waals surface area contributed by atoms with Crippen LogP contribution < -0.4 is 9.47 Å². The Balaban J connectivity index is 2.09. The number of hydrogen-bond donors (Lipinski definition) is 0. The Hall–Kier alpha value is -2.36. The maximum atomic E-state index is 13.4. The molecule has 3 rings (SSSR count). The number of nitro benzene ring substituents is 1. The van der Waals surface area contributed by atoms with Crippen molar-refractivity contribution in [2.75, 3.05) is 20.8 Å². The van der Waals surface area contributed by atoms with Crippen LogP contribution in [0.5, 0.6) is 11.5 Å². The maximum absolute atomic E-state index is 13.4. The lowest BCUT2D eigenvalue weighted by Gasteiger charge is -2.26. The van der Waals surface area contributed by atoms with E-state index in [0.29, 0.717) is 29.9 Å². The fraction of sp³-hybridized carbons (Fsp3) is 0.368. The van der Waals surface area contributed by atoms with Crippen LogP contribution in [0.2, 0.25) is 5.02 Å². The molecule has 8 nitrogen and oxygen atoms in total. The zero-order valence-electron chi connectivity index (χ0n) is 16.2. The summed E-state index contributed by atoms with van der Waals surface area (Å²) in [6, 6.07) is 7.06. The summed E-state index contributed by atoms with van der Waals surface area (Å²) in [7, 11) is -0.982. The predicted molar refractivity (Wildman–Crippen MR) is 108 cm³/mol. The Labute approximate surface area is 174 Å². The van der Waals surface area contributed by atoms with Crippen molar-refractivity contribution in [2.24, 2.45) is 0 Å². The second-order valence-corrected chi connectivity index (χ2v) is 8.99. The Bertz CT molecular complexity index is 1060. The molecule has 0 spiro atoms. The number of nitrogens with zero attached hydrogens (tertiary/aromatic N) is 2. The first-order valence-electron chi connectivity index (χ1n) is 8.89. The standard InChI is InChI=1S/C19H21ClN2O6S/c1-12-16(20)10-14(11-18(12)22(23)24)29(25,26)21-8-4-5-17(21)15-9-13(27-2)6-7-19(15)28-3/h6-7,9-11,17H,4-5,8H2,1-3H3. The Morgan fingerprint density at radius 2 is 1.93 bits per heavy atom. The highest BCUT2D eigenvalue weighted by molar-refractivity contribution is 7.89. The smallest absolute Gasteiger partial charge is 0.275 e. The summed E-state index contributed by atoms with van der Waals surface area (Å²) in [6.45, 7) is 1.77. The lowest BCUT2D eigenvalue weighted by atomic mass is 10.0. The van der Waals surface area contributed by atoms with Crippen LogP contribution in [0.25, 0.3) is 0 Å². The number of methoxy groups -OCH3 is 2. The van der Waals surface area contributed by atoms with Crippen LogP contribution in [0, 0.1) is 17.0 Å². The molecule has 29 heavy (non-hydrogen) atoms. The van der Waals surface area contributed by atoms with Gasteiger partial charge in [0.1, 0.15) is 11.5 Å². The number of hydrogen-bond acceptors (Lipinski definition) is 6. The van der Waals surface area contributed by atoms with Gasteiger partial charge in [0.2, 0.25) is 10.0 Å². The van der Waals surface area contributed by atoms with Crippen LogP contribution in [-0.4, -0.2) is 38.4 Å². The molecule has 1 aliphatic heterocycles. The van der Waals surface area contributed by atoms with E-state index in [1.54, 1.807) is 18.2 Å². The van der Waals surface area contributed by atoms with Crippen molar-refractivity contribution in [2.45, 2.75) is 30.7 Å². The fourth-order valence-electron chi connectivity index (χ4n) is 3.55. The number of halogens is 1. The van der Waals surface area contributed by atoms with Gasteiger partial charge >= 0.3 is 0 Å². The van der Waals surface area contributed by atoms with E-state index in [9.17, 15) is 18.5 Å². The van der Waals surface area contributed by atoms with E-state index in [1.807, 2.05) is 0 Å². The highest BCUT2D eigenvalue weighted by Gasteiger charge is 2.38. The van der Waals surface area contributed by atoms with Crippen molar-refractivity contribution < 1.29 is 22.8 Å². The van der Waals surface area contributed by atoms with E-state index in [4.69, 9.17) is 21.1 Å². The van der Waals surface area contributed by atoms with Crippen molar-refractivity contribution >= 4 is 27.3 Å². The van der Waals surface area contributed by atoms with E-state index >= 15 is 0 Å².